The number of benzene rings is 1. The highest BCUT2D eigenvalue weighted by molar-refractivity contribution is 5.93. The second-order valence-corrected chi connectivity index (χ2v) is 10.9. The van der Waals surface area contributed by atoms with E-state index in [1.807, 2.05) is 39.0 Å². The maximum absolute atomic E-state index is 13.7. The van der Waals surface area contributed by atoms with Crippen molar-refractivity contribution in [2.24, 2.45) is 0 Å². The molecule has 1 aliphatic carbocycles. The molecule has 0 fully saturated rings. The molecule has 1 unspecified atom stereocenters. The summed E-state index contributed by atoms with van der Waals surface area (Å²) in [5, 5.41) is 10.5. The zero-order valence-corrected chi connectivity index (χ0v) is 20.6. The summed E-state index contributed by atoms with van der Waals surface area (Å²) in [4.78, 5) is 43.6. The summed E-state index contributed by atoms with van der Waals surface area (Å²) >= 11 is 0. The van der Waals surface area contributed by atoms with Gasteiger partial charge in [-0.2, -0.15) is 0 Å². The van der Waals surface area contributed by atoms with Crippen molar-refractivity contribution in [2.45, 2.75) is 70.8 Å². The molecule has 0 spiro atoms. The summed E-state index contributed by atoms with van der Waals surface area (Å²) in [5.41, 5.74) is 5.46. The van der Waals surface area contributed by atoms with Gasteiger partial charge in [-0.1, -0.05) is 12.1 Å². The number of Topliss-reactive ketones (excluding diaryl/α,β-unsaturated/α-hetero) is 1. The Morgan fingerprint density at radius 2 is 2.06 bits per heavy atom. The number of nitrogens with zero attached hydrogens (tertiary/aromatic N) is 2. The van der Waals surface area contributed by atoms with Gasteiger partial charge in [0, 0.05) is 22.9 Å². The Morgan fingerprint density at radius 3 is 2.81 bits per heavy atom. The molecular weight excluding hydrogens is 460 g/mol. The highest BCUT2D eigenvalue weighted by Crippen LogP contribution is 2.46. The average molecular weight is 489 g/mol. The molecule has 0 radical (unpaired) electrons. The van der Waals surface area contributed by atoms with Crippen LogP contribution in [0.1, 0.15) is 73.5 Å². The predicted molar refractivity (Wildman–Crippen MR) is 132 cm³/mol. The van der Waals surface area contributed by atoms with E-state index in [0.29, 0.717) is 29.1 Å². The van der Waals surface area contributed by atoms with Crippen LogP contribution in [0.5, 0.6) is 0 Å². The van der Waals surface area contributed by atoms with E-state index >= 15 is 0 Å². The third kappa shape index (κ3) is 3.50. The van der Waals surface area contributed by atoms with Crippen LogP contribution in [0.2, 0.25) is 0 Å². The molecule has 2 aliphatic heterocycles. The molecule has 0 amide bonds. The van der Waals surface area contributed by atoms with E-state index in [-0.39, 0.29) is 30.3 Å². The first-order valence-electron chi connectivity index (χ1n) is 12.3. The van der Waals surface area contributed by atoms with Gasteiger partial charge in [0.2, 0.25) is 0 Å². The van der Waals surface area contributed by atoms with Crippen molar-refractivity contribution in [3.05, 3.63) is 62.4 Å². The molecule has 3 aliphatic rings. The van der Waals surface area contributed by atoms with E-state index in [9.17, 15) is 19.5 Å². The van der Waals surface area contributed by atoms with Crippen molar-refractivity contribution in [3.8, 4) is 11.4 Å². The van der Waals surface area contributed by atoms with E-state index in [1.54, 1.807) is 4.57 Å². The third-order valence-corrected chi connectivity index (χ3v) is 7.38. The van der Waals surface area contributed by atoms with Gasteiger partial charge in [-0.3, -0.25) is 9.59 Å². The fraction of sp³-hybridized carbons (Fsp3) is 0.429. The van der Waals surface area contributed by atoms with E-state index < -0.39 is 24.3 Å². The van der Waals surface area contributed by atoms with Gasteiger partial charge in [0.25, 0.3) is 5.56 Å². The number of aromatic nitrogens is 2. The number of cyclic esters (lactones) is 1. The largest absolute Gasteiger partial charge is 0.458 e. The Morgan fingerprint density at radius 1 is 1.25 bits per heavy atom. The molecule has 36 heavy (non-hydrogen) atoms. The molecule has 6 rings (SSSR count). The number of esters is 1. The number of pyridine rings is 2. The Balaban J connectivity index is 1.58. The lowest BCUT2D eigenvalue weighted by molar-refractivity contribution is -0.172. The number of aryl methyl sites for hydroxylation is 1. The van der Waals surface area contributed by atoms with Gasteiger partial charge in [-0.25, -0.2) is 9.78 Å². The van der Waals surface area contributed by atoms with Crippen molar-refractivity contribution in [1.29, 1.82) is 0 Å². The summed E-state index contributed by atoms with van der Waals surface area (Å²) in [6.45, 7) is 5.33. The Bertz CT molecular complexity index is 1510. The minimum Gasteiger partial charge on any atom is -0.458 e. The quantitative estimate of drug-likeness (QED) is 0.439. The molecule has 0 saturated heterocycles. The predicted octanol–water partition coefficient (Wildman–Crippen LogP) is 3.32. The van der Waals surface area contributed by atoms with Gasteiger partial charge >= 0.3 is 5.97 Å². The summed E-state index contributed by atoms with van der Waals surface area (Å²) in [6, 6.07) is 7.89. The lowest BCUT2D eigenvalue weighted by Crippen LogP contribution is -2.36. The minimum absolute atomic E-state index is 0.0553. The van der Waals surface area contributed by atoms with Gasteiger partial charge in [0.1, 0.15) is 13.2 Å². The molecule has 4 heterocycles. The first kappa shape index (κ1) is 23.1. The van der Waals surface area contributed by atoms with Crippen LogP contribution in [0.3, 0.4) is 0 Å². The van der Waals surface area contributed by atoms with Gasteiger partial charge in [0.05, 0.1) is 34.6 Å². The van der Waals surface area contributed by atoms with Crippen LogP contribution in [-0.4, -0.2) is 38.6 Å². The lowest BCUT2D eigenvalue weighted by Gasteiger charge is -2.30. The molecule has 0 saturated carbocycles. The summed E-state index contributed by atoms with van der Waals surface area (Å²) in [6.07, 6.45) is 0.888. The average Bonchev–Trinajstić information content (AvgIpc) is 3.20. The number of hydrogen-bond donors (Lipinski definition) is 1. The van der Waals surface area contributed by atoms with Crippen LogP contribution in [0.4, 0.5) is 0 Å². The van der Waals surface area contributed by atoms with E-state index in [2.05, 4.69) is 6.07 Å². The summed E-state index contributed by atoms with van der Waals surface area (Å²) < 4.78 is 13.1. The third-order valence-electron chi connectivity index (χ3n) is 7.38. The molecular formula is C28H28N2O6. The number of carbonyl (C=O) groups excluding carboxylic acids is 2. The van der Waals surface area contributed by atoms with Crippen LogP contribution in [0, 0.1) is 0 Å². The second-order valence-electron chi connectivity index (χ2n) is 10.9. The van der Waals surface area contributed by atoms with Crippen LogP contribution >= 0.6 is 0 Å². The molecule has 2 aromatic heterocycles. The van der Waals surface area contributed by atoms with E-state index in [1.165, 1.54) is 5.56 Å². The number of ketones is 1. The monoisotopic (exact) mass is 488 g/mol. The van der Waals surface area contributed by atoms with Crippen LogP contribution < -0.4 is 5.56 Å². The highest BCUT2D eigenvalue weighted by atomic mass is 16.6. The Hall–Kier alpha value is -3.36. The molecule has 186 valence electrons. The van der Waals surface area contributed by atoms with Crippen molar-refractivity contribution in [1.82, 2.24) is 9.55 Å². The van der Waals surface area contributed by atoms with Crippen molar-refractivity contribution in [2.75, 3.05) is 6.61 Å². The lowest BCUT2D eigenvalue weighted by atomic mass is 9.77. The molecule has 1 N–H and O–H groups in total. The zero-order chi connectivity index (χ0) is 25.4. The molecule has 2 atom stereocenters. The smallest absolute Gasteiger partial charge is 0.340 e. The zero-order valence-electron chi connectivity index (χ0n) is 20.6. The van der Waals surface area contributed by atoms with Gasteiger partial charge in [0.15, 0.2) is 11.9 Å². The fourth-order valence-corrected chi connectivity index (χ4v) is 5.91. The maximum Gasteiger partial charge on any atom is 0.340 e. The topological polar surface area (TPSA) is 108 Å². The molecule has 1 aromatic carbocycles. The molecule has 8 heteroatoms. The summed E-state index contributed by atoms with van der Waals surface area (Å²) in [7, 11) is 0. The Kier molecular flexibility index (Phi) is 5.18. The van der Waals surface area contributed by atoms with Crippen LogP contribution in [0.25, 0.3) is 22.3 Å². The van der Waals surface area contributed by atoms with Crippen LogP contribution in [-0.2, 0) is 38.6 Å². The first-order valence-corrected chi connectivity index (χ1v) is 12.3. The molecule has 0 bridgehead atoms. The van der Waals surface area contributed by atoms with Gasteiger partial charge in [-0.05, 0) is 62.8 Å². The number of aliphatic hydroxyl groups excluding tert-OH is 1. The number of hydrogen-bond acceptors (Lipinski definition) is 7. The maximum atomic E-state index is 13.7. The number of carbonyl (C=O) groups is 2. The number of fused-ring (bicyclic) bond motifs is 5. The number of ether oxygens (including phenoxy) is 2. The number of aliphatic hydroxyl groups is 1. The number of rotatable bonds is 4. The van der Waals surface area contributed by atoms with Crippen LogP contribution in [0.15, 0.2) is 29.1 Å². The van der Waals surface area contributed by atoms with Gasteiger partial charge < -0.3 is 19.1 Å². The second kappa shape index (κ2) is 8.08. The molecule has 3 aromatic rings. The highest BCUT2D eigenvalue weighted by Gasteiger charge is 2.39. The van der Waals surface area contributed by atoms with Crippen molar-refractivity contribution in [3.63, 3.8) is 0 Å². The normalized spacial score (nSPS) is 20.1. The Labute approximate surface area is 207 Å². The van der Waals surface area contributed by atoms with E-state index in [4.69, 9.17) is 14.5 Å². The van der Waals surface area contributed by atoms with Gasteiger partial charge in [-0.15, -0.1) is 0 Å². The minimum atomic E-state index is -0.989. The van der Waals surface area contributed by atoms with Crippen molar-refractivity contribution < 1.29 is 24.2 Å². The van der Waals surface area contributed by atoms with E-state index in [0.717, 1.165) is 34.9 Å². The fourth-order valence-electron chi connectivity index (χ4n) is 5.91. The first-order chi connectivity index (χ1) is 17.2. The van der Waals surface area contributed by atoms with Crippen molar-refractivity contribution >= 4 is 22.7 Å². The SMILES string of the molecule is CC(C)(C)OC1C(=O)OCc2c1cc1n(c2=O)Cc2c-1nc1cccc3c1c2[C@@H](CC(=O)CO)CC3. The summed E-state index contributed by atoms with van der Waals surface area (Å²) in [5.74, 6) is -0.756. The standard InChI is InChI=1S/C28H28N2O6/c1-28(2,3)36-25-17-10-21-24-18(11-30(21)26(33)19(17)13-35-27(25)34)22-15(9-16(32)12-31)8-7-14-5-4-6-20(29-24)23(14)22/h4-6,10,15,25,31H,7-9,11-13H2,1-3H3/t15-,25?/m1/s1. The molecule has 8 nitrogen and oxygen atoms in total.